The minimum Gasteiger partial charge on any atom is -0.358 e. The smallest absolute Gasteiger partial charge is 0.264 e. The van der Waals surface area contributed by atoms with Crippen molar-refractivity contribution in [3.63, 3.8) is 0 Å². The molecule has 3 heterocycles. The Morgan fingerprint density at radius 2 is 2.07 bits per heavy atom. The first-order chi connectivity index (χ1) is 14.1. The summed E-state index contributed by atoms with van der Waals surface area (Å²) in [6.45, 7) is 5.34. The molecule has 1 fully saturated rings. The van der Waals surface area contributed by atoms with Crippen LogP contribution in [-0.2, 0) is 17.8 Å². The molecule has 0 saturated heterocycles. The van der Waals surface area contributed by atoms with Gasteiger partial charge in [-0.2, -0.15) is 5.26 Å². The van der Waals surface area contributed by atoms with Crippen LogP contribution in [0.25, 0.3) is 17.0 Å². The number of aromatic amines is 1. The van der Waals surface area contributed by atoms with Gasteiger partial charge in [0.05, 0.1) is 0 Å². The minimum absolute atomic E-state index is 0.181. The fourth-order valence-electron chi connectivity index (χ4n) is 4.65. The number of hydrogen-bond acceptors (Lipinski definition) is 2. The van der Waals surface area contributed by atoms with Crippen LogP contribution in [0.15, 0.2) is 35.9 Å². The first-order valence-electron chi connectivity index (χ1n) is 10.2. The second kappa shape index (κ2) is 6.66. The fourth-order valence-corrected chi connectivity index (χ4v) is 4.65. The summed E-state index contributed by atoms with van der Waals surface area (Å²) in [5.41, 5.74) is 7.00. The number of fused-ring (bicyclic) bond motifs is 3. The quantitative estimate of drug-likeness (QED) is 0.537. The Morgan fingerprint density at radius 1 is 1.28 bits per heavy atom. The van der Waals surface area contributed by atoms with Crippen molar-refractivity contribution in [3.05, 3.63) is 64.1 Å². The average Bonchev–Trinajstić information content (AvgIpc) is 3.43. The maximum absolute atomic E-state index is 13.2. The van der Waals surface area contributed by atoms with Gasteiger partial charge in [0.15, 0.2) is 0 Å². The summed E-state index contributed by atoms with van der Waals surface area (Å²) in [5, 5.41) is 10.9. The Kier molecular flexibility index (Phi) is 4.09. The number of H-pyrrole nitrogens is 1. The van der Waals surface area contributed by atoms with Gasteiger partial charge in [0.25, 0.3) is 5.91 Å². The number of benzene rings is 1. The lowest BCUT2D eigenvalue weighted by molar-refractivity contribution is -0.127. The van der Waals surface area contributed by atoms with Crippen molar-refractivity contribution in [1.29, 1.82) is 5.26 Å². The van der Waals surface area contributed by atoms with Crippen LogP contribution in [-0.4, -0.2) is 26.9 Å². The van der Waals surface area contributed by atoms with E-state index in [-0.39, 0.29) is 11.5 Å². The van der Waals surface area contributed by atoms with E-state index in [1.807, 2.05) is 12.1 Å². The van der Waals surface area contributed by atoms with Gasteiger partial charge in [0.2, 0.25) is 0 Å². The summed E-state index contributed by atoms with van der Waals surface area (Å²) in [5.74, 6) is -0.181. The van der Waals surface area contributed by atoms with Crippen LogP contribution in [0.1, 0.15) is 47.1 Å². The van der Waals surface area contributed by atoms with Gasteiger partial charge >= 0.3 is 0 Å². The molecular weight excluding hydrogens is 360 g/mol. The monoisotopic (exact) mass is 384 g/mol. The molecule has 0 spiro atoms. The first-order valence-corrected chi connectivity index (χ1v) is 10.2. The maximum atomic E-state index is 13.2. The summed E-state index contributed by atoms with van der Waals surface area (Å²) < 4.78 is 2.34. The summed E-state index contributed by atoms with van der Waals surface area (Å²) in [4.78, 5) is 18.4. The third-order valence-electron chi connectivity index (χ3n) is 6.26. The van der Waals surface area contributed by atoms with Crippen LogP contribution in [0.2, 0.25) is 0 Å². The average molecular weight is 384 g/mol. The molecule has 1 amide bonds. The zero-order valence-corrected chi connectivity index (χ0v) is 16.8. The molecule has 0 radical (unpaired) electrons. The van der Waals surface area contributed by atoms with Gasteiger partial charge in [0, 0.05) is 59.1 Å². The van der Waals surface area contributed by atoms with Crippen LogP contribution in [0.5, 0.6) is 0 Å². The lowest BCUT2D eigenvalue weighted by Gasteiger charge is -2.27. The molecule has 5 nitrogen and oxygen atoms in total. The van der Waals surface area contributed by atoms with Crippen LogP contribution in [0.3, 0.4) is 0 Å². The molecule has 29 heavy (non-hydrogen) atoms. The molecule has 3 aromatic rings. The summed E-state index contributed by atoms with van der Waals surface area (Å²) in [7, 11) is 0. The lowest BCUT2D eigenvalue weighted by atomic mass is 10.0. The number of rotatable bonds is 3. The standard InChI is InChI=1S/C24H24N4O/c1-15-11-17(16(2)28(15)19-7-8-19)12-18(13-25)24(29)27-10-9-23-21(14-27)20-5-3-4-6-22(20)26-23/h3-6,11-12,19,26H,7-10,14H2,1-2H3/b18-12+. The normalized spacial score (nSPS) is 16.7. The van der Waals surface area contributed by atoms with E-state index in [0.717, 1.165) is 28.6 Å². The Hall–Kier alpha value is -3.26. The number of nitrogens with zero attached hydrogens (tertiary/aromatic N) is 3. The van der Waals surface area contributed by atoms with E-state index >= 15 is 0 Å². The summed E-state index contributed by atoms with van der Waals surface area (Å²) in [6.07, 6.45) is 4.98. The summed E-state index contributed by atoms with van der Waals surface area (Å²) >= 11 is 0. The van der Waals surface area contributed by atoms with Gasteiger partial charge in [0.1, 0.15) is 11.6 Å². The molecule has 146 valence electrons. The molecule has 2 aliphatic rings. The molecule has 1 aliphatic heterocycles. The SMILES string of the molecule is Cc1cc(/C=C(\C#N)C(=O)N2CCc3[nH]c4ccccc4c3C2)c(C)n1C1CC1. The first kappa shape index (κ1) is 17.8. The molecule has 1 aromatic carbocycles. The zero-order chi connectivity index (χ0) is 20.1. The van der Waals surface area contributed by atoms with Crippen molar-refractivity contribution in [2.45, 2.75) is 45.7 Å². The molecule has 2 aromatic heterocycles. The van der Waals surface area contributed by atoms with E-state index in [1.165, 1.54) is 29.8 Å². The highest BCUT2D eigenvalue weighted by Gasteiger charge is 2.28. The molecule has 0 bridgehead atoms. The Bertz CT molecular complexity index is 1200. The molecule has 1 aliphatic carbocycles. The molecule has 1 saturated carbocycles. The predicted octanol–water partition coefficient (Wildman–Crippen LogP) is 4.41. The Labute approximate surface area is 170 Å². The molecule has 0 atom stereocenters. The number of amides is 1. The maximum Gasteiger partial charge on any atom is 0.264 e. The van der Waals surface area contributed by atoms with E-state index in [0.29, 0.717) is 19.1 Å². The van der Waals surface area contributed by atoms with Crippen molar-refractivity contribution >= 4 is 22.9 Å². The number of carbonyl (C=O) groups excluding carboxylic acids is 1. The Morgan fingerprint density at radius 3 is 2.83 bits per heavy atom. The molecule has 0 unspecified atom stereocenters. The van der Waals surface area contributed by atoms with Crippen molar-refractivity contribution in [1.82, 2.24) is 14.5 Å². The molecule has 1 N–H and O–H groups in total. The number of hydrogen-bond donors (Lipinski definition) is 1. The van der Waals surface area contributed by atoms with Gasteiger partial charge in [-0.1, -0.05) is 18.2 Å². The van der Waals surface area contributed by atoms with E-state index in [9.17, 15) is 10.1 Å². The third-order valence-corrected chi connectivity index (χ3v) is 6.26. The van der Waals surface area contributed by atoms with Gasteiger partial charge < -0.3 is 14.5 Å². The van der Waals surface area contributed by atoms with Crippen LogP contribution in [0, 0.1) is 25.2 Å². The molecule has 5 rings (SSSR count). The number of aryl methyl sites for hydroxylation is 1. The number of nitrogens with one attached hydrogen (secondary N) is 1. The zero-order valence-electron chi connectivity index (χ0n) is 16.8. The minimum atomic E-state index is -0.181. The topological polar surface area (TPSA) is 64.8 Å². The highest BCUT2D eigenvalue weighted by Crippen LogP contribution is 2.38. The highest BCUT2D eigenvalue weighted by atomic mass is 16.2. The number of aromatic nitrogens is 2. The summed E-state index contributed by atoms with van der Waals surface area (Å²) in [6, 6.07) is 13.0. The van der Waals surface area contributed by atoms with E-state index in [2.05, 4.69) is 47.7 Å². The highest BCUT2D eigenvalue weighted by molar-refractivity contribution is 6.02. The van der Waals surface area contributed by atoms with E-state index in [4.69, 9.17) is 0 Å². The molecule has 5 heteroatoms. The third kappa shape index (κ3) is 2.96. The predicted molar refractivity (Wildman–Crippen MR) is 113 cm³/mol. The van der Waals surface area contributed by atoms with Crippen molar-refractivity contribution in [2.75, 3.05) is 6.54 Å². The van der Waals surface area contributed by atoms with Gasteiger partial charge in [-0.25, -0.2) is 0 Å². The lowest BCUT2D eigenvalue weighted by Crippen LogP contribution is -2.36. The largest absolute Gasteiger partial charge is 0.358 e. The van der Waals surface area contributed by atoms with Crippen molar-refractivity contribution in [3.8, 4) is 6.07 Å². The van der Waals surface area contributed by atoms with Gasteiger partial charge in [-0.05, 0) is 50.5 Å². The molecular formula is C24H24N4O. The van der Waals surface area contributed by atoms with Crippen molar-refractivity contribution in [2.24, 2.45) is 0 Å². The number of para-hydroxylation sites is 1. The van der Waals surface area contributed by atoms with Crippen molar-refractivity contribution < 1.29 is 4.79 Å². The van der Waals surface area contributed by atoms with Crippen LogP contribution in [0.4, 0.5) is 0 Å². The van der Waals surface area contributed by atoms with Crippen LogP contribution < -0.4 is 0 Å². The Balaban J connectivity index is 1.44. The van der Waals surface area contributed by atoms with Gasteiger partial charge in [-0.15, -0.1) is 0 Å². The second-order valence-electron chi connectivity index (χ2n) is 8.20. The fraction of sp³-hybridized carbons (Fsp3) is 0.333. The second-order valence-corrected chi connectivity index (χ2v) is 8.20. The number of nitriles is 1. The van der Waals surface area contributed by atoms with E-state index < -0.39 is 0 Å². The van der Waals surface area contributed by atoms with E-state index in [1.54, 1.807) is 11.0 Å². The number of carbonyl (C=O) groups is 1. The van der Waals surface area contributed by atoms with Gasteiger partial charge in [-0.3, -0.25) is 4.79 Å². The van der Waals surface area contributed by atoms with Crippen LogP contribution >= 0.6 is 0 Å².